The maximum atomic E-state index is 11.9. The number of nitrogens with two attached hydrogens (primary N) is 1. The first kappa shape index (κ1) is 14.4. The molecule has 0 aliphatic heterocycles. The number of carbonyl (C=O) groups is 1. The molecule has 0 spiro atoms. The summed E-state index contributed by atoms with van der Waals surface area (Å²) in [4.78, 5) is 11.9. The zero-order chi connectivity index (χ0) is 12.7. The molecule has 3 N–H and O–H groups in total. The van der Waals surface area contributed by atoms with Gasteiger partial charge in [0, 0.05) is 26.8 Å². The highest BCUT2D eigenvalue weighted by atomic mass is 16.5. The van der Waals surface area contributed by atoms with Gasteiger partial charge in [0.15, 0.2) is 0 Å². The lowest BCUT2D eigenvalue weighted by Gasteiger charge is -2.28. The van der Waals surface area contributed by atoms with Crippen molar-refractivity contribution in [1.29, 1.82) is 0 Å². The van der Waals surface area contributed by atoms with Gasteiger partial charge in [-0.25, -0.2) is 0 Å². The van der Waals surface area contributed by atoms with E-state index in [1.165, 1.54) is 0 Å². The number of hydrogen-bond donors (Lipinski definition) is 2. The third-order valence-electron chi connectivity index (χ3n) is 3.35. The molecular formula is C12H24N2O3. The van der Waals surface area contributed by atoms with Crippen molar-refractivity contribution in [2.45, 2.75) is 37.8 Å². The predicted molar refractivity (Wildman–Crippen MR) is 65.6 cm³/mol. The Balaban J connectivity index is 2.32. The van der Waals surface area contributed by atoms with E-state index in [0.717, 1.165) is 25.7 Å². The van der Waals surface area contributed by atoms with Crippen molar-refractivity contribution in [1.82, 2.24) is 5.32 Å². The number of methoxy groups -OCH3 is 2. The minimum Gasteiger partial charge on any atom is -0.382 e. The third kappa shape index (κ3) is 4.61. The van der Waals surface area contributed by atoms with Gasteiger partial charge in [0.05, 0.1) is 18.6 Å². The van der Waals surface area contributed by atoms with Crippen LogP contribution in [0.15, 0.2) is 0 Å². The van der Waals surface area contributed by atoms with Crippen LogP contribution >= 0.6 is 0 Å². The first-order valence-corrected chi connectivity index (χ1v) is 6.24. The lowest BCUT2D eigenvalue weighted by atomic mass is 9.84. The number of carbonyl (C=O) groups excluding carboxylic acids is 1. The summed E-state index contributed by atoms with van der Waals surface area (Å²) in [5, 5.41) is 2.89. The summed E-state index contributed by atoms with van der Waals surface area (Å²) in [6, 6.07) is 0.00664. The van der Waals surface area contributed by atoms with Gasteiger partial charge in [0.25, 0.3) is 0 Å². The second-order valence-electron chi connectivity index (χ2n) is 4.61. The lowest BCUT2D eigenvalue weighted by molar-refractivity contribution is -0.127. The van der Waals surface area contributed by atoms with E-state index in [0.29, 0.717) is 13.2 Å². The van der Waals surface area contributed by atoms with Gasteiger partial charge in [-0.2, -0.15) is 0 Å². The highest BCUT2D eigenvalue weighted by molar-refractivity contribution is 5.79. The van der Waals surface area contributed by atoms with Gasteiger partial charge in [-0.1, -0.05) is 12.8 Å². The minimum atomic E-state index is -0.0937. The van der Waals surface area contributed by atoms with Crippen LogP contribution < -0.4 is 11.1 Å². The molecule has 1 saturated carbocycles. The molecular weight excluding hydrogens is 220 g/mol. The van der Waals surface area contributed by atoms with E-state index >= 15 is 0 Å². The van der Waals surface area contributed by atoms with Crippen LogP contribution in [0.5, 0.6) is 0 Å². The summed E-state index contributed by atoms with van der Waals surface area (Å²) < 4.78 is 10.2. The average Bonchev–Trinajstić information content (AvgIpc) is 2.34. The number of hydrogen-bond acceptors (Lipinski definition) is 4. The van der Waals surface area contributed by atoms with Crippen LogP contribution in [0, 0.1) is 5.92 Å². The normalized spacial score (nSPS) is 26.5. The molecule has 3 atom stereocenters. The molecule has 1 fully saturated rings. The zero-order valence-corrected chi connectivity index (χ0v) is 10.8. The van der Waals surface area contributed by atoms with Crippen LogP contribution in [0.25, 0.3) is 0 Å². The highest BCUT2D eigenvalue weighted by Gasteiger charge is 2.28. The zero-order valence-electron chi connectivity index (χ0n) is 10.8. The average molecular weight is 244 g/mol. The van der Waals surface area contributed by atoms with Gasteiger partial charge < -0.3 is 20.5 Å². The fraction of sp³-hybridized carbons (Fsp3) is 0.917. The topological polar surface area (TPSA) is 73.6 Å². The second kappa shape index (κ2) is 7.63. The van der Waals surface area contributed by atoms with Gasteiger partial charge in [-0.15, -0.1) is 0 Å². The number of rotatable bonds is 6. The van der Waals surface area contributed by atoms with Crippen LogP contribution in [0.3, 0.4) is 0 Å². The van der Waals surface area contributed by atoms with Crippen LogP contribution in [-0.4, -0.2) is 45.4 Å². The number of nitrogens with one attached hydrogen (secondary N) is 1. The fourth-order valence-corrected chi connectivity index (χ4v) is 2.23. The maximum absolute atomic E-state index is 11.9. The first-order chi connectivity index (χ1) is 8.19. The smallest absolute Gasteiger partial charge is 0.224 e. The summed E-state index contributed by atoms with van der Waals surface area (Å²) in [5.74, 6) is 0.0131. The molecule has 3 unspecified atom stereocenters. The molecule has 0 radical (unpaired) electrons. The molecule has 1 amide bonds. The van der Waals surface area contributed by atoms with E-state index in [4.69, 9.17) is 15.2 Å². The molecule has 0 bridgehead atoms. The van der Waals surface area contributed by atoms with Crippen LogP contribution in [0.1, 0.15) is 25.7 Å². The molecule has 0 saturated heterocycles. The third-order valence-corrected chi connectivity index (χ3v) is 3.35. The van der Waals surface area contributed by atoms with Crippen molar-refractivity contribution in [3.05, 3.63) is 0 Å². The van der Waals surface area contributed by atoms with Crippen LogP contribution in [0.2, 0.25) is 0 Å². The molecule has 100 valence electrons. The Bertz CT molecular complexity index is 236. The quantitative estimate of drug-likeness (QED) is 0.704. The van der Waals surface area contributed by atoms with Gasteiger partial charge in [0.2, 0.25) is 5.91 Å². The van der Waals surface area contributed by atoms with Gasteiger partial charge in [-0.05, 0) is 12.8 Å². The summed E-state index contributed by atoms with van der Waals surface area (Å²) in [7, 11) is 3.23. The summed E-state index contributed by atoms with van der Waals surface area (Å²) in [6.07, 6.45) is 3.98. The predicted octanol–water partition coefficient (Wildman–Crippen LogP) is 0.282. The van der Waals surface area contributed by atoms with Crippen molar-refractivity contribution >= 4 is 5.91 Å². The summed E-state index contributed by atoms with van der Waals surface area (Å²) in [5.41, 5.74) is 5.96. The Labute approximate surface area is 103 Å². The van der Waals surface area contributed by atoms with Crippen molar-refractivity contribution in [3.63, 3.8) is 0 Å². The fourth-order valence-electron chi connectivity index (χ4n) is 2.23. The Kier molecular flexibility index (Phi) is 6.47. The number of ether oxygens (including phenoxy) is 2. The largest absolute Gasteiger partial charge is 0.382 e. The van der Waals surface area contributed by atoms with Crippen molar-refractivity contribution < 1.29 is 14.3 Å². The van der Waals surface area contributed by atoms with Crippen LogP contribution in [-0.2, 0) is 14.3 Å². The SMILES string of the molecule is COCC(CNC(=O)C1CCCCC1N)OC. The molecule has 17 heavy (non-hydrogen) atoms. The maximum Gasteiger partial charge on any atom is 0.224 e. The van der Waals surface area contributed by atoms with E-state index in [1.807, 2.05) is 0 Å². The summed E-state index contributed by atoms with van der Waals surface area (Å²) in [6.45, 7) is 0.958. The van der Waals surface area contributed by atoms with Gasteiger partial charge >= 0.3 is 0 Å². The minimum absolute atomic E-state index is 0.00664. The molecule has 1 aliphatic carbocycles. The van der Waals surface area contributed by atoms with E-state index in [1.54, 1.807) is 14.2 Å². The molecule has 0 aromatic rings. The molecule has 0 heterocycles. The van der Waals surface area contributed by atoms with E-state index in [2.05, 4.69) is 5.32 Å². The Morgan fingerprint density at radius 2 is 2.12 bits per heavy atom. The van der Waals surface area contributed by atoms with Crippen molar-refractivity contribution in [2.75, 3.05) is 27.4 Å². The molecule has 1 aliphatic rings. The van der Waals surface area contributed by atoms with Crippen molar-refractivity contribution in [2.24, 2.45) is 11.7 Å². The van der Waals surface area contributed by atoms with E-state index in [-0.39, 0.29) is 24.0 Å². The molecule has 5 nitrogen and oxygen atoms in total. The molecule has 0 aromatic heterocycles. The lowest BCUT2D eigenvalue weighted by Crippen LogP contribution is -2.46. The highest BCUT2D eigenvalue weighted by Crippen LogP contribution is 2.22. The van der Waals surface area contributed by atoms with Gasteiger partial charge in [-0.3, -0.25) is 4.79 Å². The van der Waals surface area contributed by atoms with Crippen molar-refractivity contribution in [3.8, 4) is 0 Å². The Hall–Kier alpha value is -0.650. The molecule has 5 heteroatoms. The standard InChI is InChI=1S/C12H24N2O3/c1-16-8-9(17-2)7-14-12(15)10-5-3-4-6-11(10)13/h9-11H,3-8,13H2,1-2H3,(H,14,15). The van der Waals surface area contributed by atoms with Crippen LogP contribution in [0.4, 0.5) is 0 Å². The number of amides is 1. The Morgan fingerprint density at radius 3 is 2.71 bits per heavy atom. The van der Waals surface area contributed by atoms with Gasteiger partial charge in [0.1, 0.15) is 0 Å². The first-order valence-electron chi connectivity index (χ1n) is 6.24. The molecule has 0 aromatic carbocycles. The van der Waals surface area contributed by atoms with E-state index < -0.39 is 0 Å². The Morgan fingerprint density at radius 1 is 1.41 bits per heavy atom. The van der Waals surface area contributed by atoms with E-state index in [9.17, 15) is 4.79 Å². The molecule has 1 rings (SSSR count). The second-order valence-corrected chi connectivity index (χ2v) is 4.61. The monoisotopic (exact) mass is 244 g/mol. The summed E-state index contributed by atoms with van der Waals surface area (Å²) >= 11 is 0.